The van der Waals surface area contributed by atoms with Gasteiger partial charge in [0.25, 0.3) is 0 Å². The van der Waals surface area contributed by atoms with Crippen molar-refractivity contribution in [2.45, 2.75) is 64.5 Å². The number of nitrogens with one attached hydrogen (secondary N) is 1. The van der Waals surface area contributed by atoms with Crippen molar-refractivity contribution in [1.82, 2.24) is 5.32 Å². The normalized spacial score (nSPS) is 23.9. The molecule has 20 heavy (non-hydrogen) atoms. The second kappa shape index (κ2) is 8.95. The van der Waals surface area contributed by atoms with Crippen LogP contribution in [0.4, 0.5) is 0 Å². The third-order valence-corrected chi connectivity index (χ3v) is 3.79. The molecule has 0 saturated heterocycles. The van der Waals surface area contributed by atoms with E-state index in [-0.39, 0.29) is 36.5 Å². The van der Waals surface area contributed by atoms with Crippen LogP contribution >= 0.6 is 0 Å². The molecule has 0 aliphatic heterocycles. The molecule has 0 aromatic heterocycles. The van der Waals surface area contributed by atoms with Gasteiger partial charge >= 0.3 is 5.97 Å². The molecule has 0 aromatic carbocycles. The molecule has 1 N–H and O–H groups in total. The Hall–Kier alpha value is -1.10. The molecule has 0 spiro atoms. The number of carbonyl (C=O) groups excluding carboxylic acids is 2. The molecule has 1 amide bonds. The van der Waals surface area contributed by atoms with Crippen LogP contribution in [0.3, 0.4) is 0 Å². The van der Waals surface area contributed by atoms with Gasteiger partial charge in [0.2, 0.25) is 5.91 Å². The molecule has 1 aliphatic carbocycles. The van der Waals surface area contributed by atoms with Crippen LogP contribution in [0.25, 0.3) is 0 Å². The summed E-state index contributed by atoms with van der Waals surface area (Å²) < 4.78 is 10.4. The number of hydrogen-bond donors (Lipinski definition) is 1. The molecule has 0 aromatic rings. The minimum Gasteiger partial charge on any atom is -0.469 e. The maximum Gasteiger partial charge on any atom is 0.308 e. The van der Waals surface area contributed by atoms with Crippen LogP contribution in [0.1, 0.15) is 52.4 Å². The van der Waals surface area contributed by atoms with Gasteiger partial charge in [-0.15, -0.1) is 0 Å². The van der Waals surface area contributed by atoms with E-state index in [9.17, 15) is 9.59 Å². The monoisotopic (exact) mass is 285 g/mol. The molecule has 0 bridgehead atoms. The van der Waals surface area contributed by atoms with Crippen molar-refractivity contribution in [3.63, 3.8) is 0 Å². The van der Waals surface area contributed by atoms with Crippen molar-refractivity contribution in [2.24, 2.45) is 5.92 Å². The summed E-state index contributed by atoms with van der Waals surface area (Å²) in [5.41, 5.74) is 0. The number of rotatable bonds is 7. The van der Waals surface area contributed by atoms with Crippen LogP contribution in [0.15, 0.2) is 0 Å². The number of ether oxygens (including phenoxy) is 2. The highest BCUT2D eigenvalue weighted by atomic mass is 16.5. The van der Waals surface area contributed by atoms with Gasteiger partial charge in [-0.3, -0.25) is 9.59 Å². The summed E-state index contributed by atoms with van der Waals surface area (Å²) >= 11 is 0. The van der Waals surface area contributed by atoms with Gasteiger partial charge in [-0.25, -0.2) is 0 Å². The van der Waals surface area contributed by atoms with Gasteiger partial charge in [0, 0.05) is 6.04 Å². The molecular formula is C15H27NO4. The van der Waals surface area contributed by atoms with Gasteiger partial charge in [-0.05, 0) is 39.0 Å². The van der Waals surface area contributed by atoms with E-state index in [0.717, 1.165) is 38.5 Å². The molecule has 116 valence electrons. The Morgan fingerprint density at radius 1 is 1.25 bits per heavy atom. The quantitative estimate of drug-likeness (QED) is 0.727. The minimum absolute atomic E-state index is 0.00162. The fourth-order valence-corrected chi connectivity index (χ4v) is 2.65. The van der Waals surface area contributed by atoms with Gasteiger partial charge in [-0.1, -0.05) is 13.3 Å². The summed E-state index contributed by atoms with van der Waals surface area (Å²) in [6.45, 7) is 4.21. The van der Waals surface area contributed by atoms with Crippen LogP contribution in [0.5, 0.6) is 0 Å². The number of hydrogen-bond acceptors (Lipinski definition) is 4. The summed E-state index contributed by atoms with van der Waals surface area (Å²) in [7, 11) is 1.42. The largest absolute Gasteiger partial charge is 0.469 e. The molecule has 5 heteroatoms. The first-order valence-electron chi connectivity index (χ1n) is 7.55. The maximum absolute atomic E-state index is 11.7. The number of esters is 1. The summed E-state index contributed by atoms with van der Waals surface area (Å²) in [6, 6.07) is 0.200. The Balaban J connectivity index is 2.18. The highest BCUT2D eigenvalue weighted by Crippen LogP contribution is 2.26. The first-order valence-corrected chi connectivity index (χ1v) is 7.55. The Labute approximate surface area is 121 Å². The SMILES string of the molecule is CCCC(C)NC(=O)COC1CCC(C(=O)OC)CC1. The van der Waals surface area contributed by atoms with E-state index in [0.29, 0.717) is 0 Å². The van der Waals surface area contributed by atoms with Crippen LogP contribution in [0, 0.1) is 5.92 Å². The number of methoxy groups -OCH3 is 1. The molecule has 1 rings (SSSR count). The van der Waals surface area contributed by atoms with Crippen molar-refractivity contribution in [2.75, 3.05) is 13.7 Å². The van der Waals surface area contributed by atoms with E-state index < -0.39 is 0 Å². The van der Waals surface area contributed by atoms with Crippen LogP contribution < -0.4 is 5.32 Å². The minimum atomic E-state index is -0.130. The van der Waals surface area contributed by atoms with E-state index in [1.807, 2.05) is 6.92 Å². The molecular weight excluding hydrogens is 258 g/mol. The lowest BCUT2D eigenvalue weighted by molar-refractivity contribution is -0.148. The fraction of sp³-hybridized carbons (Fsp3) is 0.867. The van der Waals surface area contributed by atoms with Crippen molar-refractivity contribution >= 4 is 11.9 Å². The molecule has 5 nitrogen and oxygen atoms in total. The predicted molar refractivity (Wildman–Crippen MR) is 76.2 cm³/mol. The van der Waals surface area contributed by atoms with Crippen molar-refractivity contribution in [3.05, 3.63) is 0 Å². The summed E-state index contributed by atoms with van der Waals surface area (Å²) in [6.07, 6.45) is 5.32. The second-order valence-electron chi connectivity index (χ2n) is 5.57. The average Bonchev–Trinajstić information content (AvgIpc) is 2.45. The van der Waals surface area contributed by atoms with Gasteiger partial charge in [0.05, 0.1) is 19.1 Å². The third kappa shape index (κ3) is 5.90. The Morgan fingerprint density at radius 2 is 1.90 bits per heavy atom. The van der Waals surface area contributed by atoms with Crippen molar-refractivity contribution in [1.29, 1.82) is 0 Å². The molecule has 1 fully saturated rings. The van der Waals surface area contributed by atoms with E-state index in [1.54, 1.807) is 0 Å². The van der Waals surface area contributed by atoms with Gasteiger partial charge in [0.1, 0.15) is 6.61 Å². The van der Waals surface area contributed by atoms with Crippen LogP contribution in [0.2, 0.25) is 0 Å². The van der Waals surface area contributed by atoms with E-state index >= 15 is 0 Å². The van der Waals surface area contributed by atoms with Crippen LogP contribution in [-0.2, 0) is 19.1 Å². The van der Waals surface area contributed by atoms with Crippen molar-refractivity contribution < 1.29 is 19.1 Å². The van der Waals surface area contributed by atoms with Crippen molar-refractivity contribution in [3.8, 4) is 0 Å². The second-order valence-corrected chi connectivity index (χ2v) is 5.57. The van der Waals surface area contributed by atoms with E-state index in [4.69, 9.17) is 9.47 Å². The molecule has 0 radical (unpaired) electrons. The summed E-state index contributed by atoms with van der Waals surface area (Å²) in [5, 5.41) is 2.92. The lowest BCUT2D eigenvalue weighted by Gasteiger charge is -2.27. The zero-order valence-electron chi connectivity index (χ0n) is 12.8. The molecule has 1 saturated carbocycles. The lowest BCUT2D eigenvalue weighted by atomic mass is 9.87. The zero-order valence-corrected chi connectivity index (χ0v) is 12.8. The summed E-state index contributed by atoms with van der Waals surface area (Å²) in [4.78, 5) is 23.1. The molecule has 1 unspecified atom stereocenters. The highest BCUT2D eigenvalue weighted by molar-refractivity contribution is 5.77. The molecule has 1 atom stereocenters. The zero-order chi connectivity index (χ0) is 15.0. The van der Waals surface area contributed by atoms with Crippen LogP contribution in [-0.4, -0.2) is 37.7 Å². The van der Waals surface area contributed by atoms with Gasteiger partial charge in [0.15, 0.2) is 0 Å². The topological polar surface area (TPSA) is 64.6 Å². The maximum atomic E-state index is 11.7. The Kier molecular flexibility index (Phi) is 7.59. The molecule has 1 aliphatic rings. The highest BCUT2D eigenvalue weighted by Gasteiger charge is 2.27. The van der Waals surface area contributed by atoms with Gasteiger partial charge < -0.3 is 14.8 Å². The number of amides is 1. The fourth-order valence-electron chi connectivity index (χ4n) is 2.65. The summed E-state index contributed by atoms with van der Waals surface area (Å²) in [5.74, 6) is -0.186. The first kappa shape index (κ1) is 17.0. The third-order valence-electron chi connectivity index (χ3n) is 3.79. The average molecular weight is 285 g/mol. The first-order chi connectivity index (χ1) is 9.56. The molecule has 0 heterocycles. The number of carbonyl (C=O) groups is 2. The van der Waals surface area contributed by atoms with E-state index in [2.05, 4.69) is 12.2 Å². The Bertz CT molecular complexity index is 311. The standard InChI is InChI=1S/C15H27NO4/c1-4-5-11(2)16-14(17)10-20-13-8-6-12(7-9-13)15(18)19-3/h11-13H,4-10H2,1-3H3,(H,16,17). The smallest absolute Gasteiger partial charge is 0.308 e. The lowest BCUT2D eigenvalue weighted by Crippen LogP contribution is -2.37. The Morgan fingerprint density at radius 3 is 2.45 bits per heavy atom. The predicted octanol–water partition coefficient (Wildman–Crippen LogP) is 2.04. The van der Waals surface area contributed by atoms with Gasteiger partial charge in [-0.2, -0.15) is 0 Å². The van der Waals surface area contributed by atoms with E-state index in [1.165, 1.54) is 7.11 Å².